The Morgan fingerprint density at radius 3 is 2.56 bits per heavy atom. The van der Waals surface area contributed by atoms with Gasteiger partial charge in [-0.1, -0.05) is 19.9 Å². The molecule has 0 spiro atoms. The Kier molecular flexibility index (Phi) is 7.06. The molecule has 2 aliphatic rings. The van der Waals surface area contributed by atoms with Crippen LogP contribution in [0.3, 0.4) is 0 Å². The van der Waals surface area contributed by atoms with Crippen molar-refractivity contribution < 1.29 is 13.2 Å². The molecule has 1 fully saturated rings. The van der Waals surface area contributed by atoms with Gasteiger partial charge in [0.25, 0.3) is 5.91 Å². The maximum atomic E-state index is 12.9. The molecule has 4 aromatic heterocycles. The van der Waals surface area contributed by atoms with E-state index < -0.39 is 10.0 Å². The first kappa shape index (κ1) is 27.1. The van der Waals surface area contributed by atoms with Crippen molar-refractivity contribution in [2.75, 3.05) is 35.1 Å². The molecule has 0 unspecified atom stereocenters. The number of carbonyl (C=O) groups is 1. The summed E-state index contributed by atoms with van der Waals surface area (Å²) in [6.07, 6.45) is 6.15. The third kappa shape index (κ3) is 5.72. The van der Waals surface area contributed by atoms with Gasteiger partial charge in [0, 0.05) is 43.8 Å². The van der Waals surface area contributed by atoms with E-state index in [1.54, 1.807) is 12.3 Å². The van der Waals surface area contributed by atoms with E-state index in [0.717, 1.165) is 47.5 Å². The number of hydrogen-bond donors (Lipinski definition) is 1. The molecule has 212 valence electrons. The molecule has 6 rings (SSSR count). The second kappa shape index (κ2) is 10.7. The van der Waals surface area contributed by atoms with Gasteiger partial charge in [-0.3, -0.25) is 19.1 Å². The lowest BCUT2D eigenvalue weighted by atomic mass is 9.92. The number of piperidine rings is 1. The third-order valence-electron chi connectivity index (χ3n) is 7.68. The fourth-order valence-corrected chi connectivity index (χ4v) is 6.79. The highest BCUT2D eigenvalue weighted by Crippen LogP contribution is 2.30. The Balaban J connectivity index is 1.19. The van der Waals surface area contributed by atoms with Crippen molar-refractivity contribution in [1.29, 1.82) is 0 Å². The topological polar surface area (TPSA) is 121 Å². The van der Waals surface area contributed by atoms with Gasteiger partial charge >= 0.3 is 0 Å². The third-order valence-corrected chi connectivity index (χ3v) is 8.86. The van der Waals surface area contributed by atoms with Crippen LogP contribution in [-0.4, -0.2) is 60.2 Å². The van der Waals surface area contributed by atoms with Crippen molar-refractivity contribution in [3.8, 4) is 11.4 Å². The van der Waals surface area contributed by atoms with E-state index in [0.29, 0.717) is 47.4 Å². The number of sulfonamides is 1. The van der Waals surface area contributed by atoms with E-state index in [2.05, 4.69) is 40.1 Å². The summed E-state index contributed by atoms with van der Waals surface area (Å²) in [5, 5.41) is 3.76. The van der Waals surface area contributed by atoms with Crippen LogP contribution in [0.4, 0.5) is 11.5 Å². The van der Waals surface area contributed by atoms with E-state index in [-0.39, 0.29) is 12.5 Å². The van der Waals surface area contributed by atoms with Crippen LogP contribution in [0.5, 0.6) is 0 Å². The summed E-state index contributed by atoms with van der Waals surface area (Å²) in [5.41, 5.74) is 4.43. The second-order valence-electron chi connectivity index (χ2n) is 11.3. The quantitative estimate of drug-likeness (QED) is 0.371. The van der Waals surface area contributed by atoms with Crippen molar-refractivity contribution in [2.24, 2.45) is 11.8 Å². The standard InChI is InChI=1S/C30H33N7O3S/c1-19-11-20(2)18-36(17-19)29-6-4-5-24(35-29)25-8-7-21-14-31-23(13-27(21)34-25)16-33-30(38)22-12-28-26(32-15-22)9-10-37(28)41(3,39)40/h4-8,12-15,19-20H,9-11,16-18H2,1-3H3,(H,33,38)/t19-,20+. The first-order chi connectivity index (χ1) is 19.6. The predicted molar refractivity (Wildman–Crippen MR) is 159 cm³/mol. The number of fused-ring (bicyclic) bond motifs is 2. The lowest BCUT2D eigenvalue weighted by Gasteiger charge is -2.35. The lowest BCUT2D eigenvalue weighted by Crippen LogP contribution is -2.39. The molecule has 11 heteroatoms. The Hall–Kier alpha value is -4.12. The predicted octanol–water partition coefficient (Wildman–Crippen LogP) is 3.82. The van der Waals surface area contributed by atoms with E-state index in [1.165, 1.54) is 16.9 Å². The first-order valence-electron chi connectivity index (χ1n) is 13.9. The average molecular weight is 572 g/mol. The van der Waals surface area contributed by atoms with Gasteiger partial charge in [-0.15, -0.1) is 0 Å². The van der Waals surface area contributed by atoms with Crippen LogP contribution >= 0.6 is 0 Å². The summed E-state index contributed by atoms with van der Waals surface area (Å²) in [6, 6.07) is 13.5. The minimum absolute atomic E-state index is 0.187. The number of anilines is 2. The van der Waals surface area contributed by atoms with Crippen LogP contribution in [0.15, 0.2) is 54.9 Å². The Labute approximate surface area is 239 Å². The number of nitrogens with zero attached hydrogens (tertiary/aromatic N) is 6. The Morgan fingerprint density at radius 2 is 1.78 bits per heavy atom. The van der Waals surface area contributed by atoms with Gasteiger partial charge in [0.1, 0.15) is 5.82 Å². The van der Waals surface area contributed by atoms with Crippen LogP contribution in [0.2, 0.25) is 0 Å². The van der Waals surface area contributed by atoms with Gasteiger partial charge in [-0.25, -0.2) is 18.4 Å². The number of rotatable bonds is 6. The van der Waals surface area contributed by atoms with E-state index in [9.17, 15) is 13.2 Å². The Bertz CT molecular complexity index is 1730. The molecule has 4 aromatic rings. The SMILES string of the molecule is C[C@@H]1C[C@H](C)CN(c2cccc(-c3ccc4cnc(CNC(=O)c5cnc6c(c5)N(S(C)(=O)=O)CC6)cc4n3)n2)C1. The molecule has 0 aliphatic carbocycles. The van der Waals surface area contributed by atoms with Crippen LogP contribution in [0.1, 0.15) is 42.0 Å². The van der Waals surface area contributed by atoms with Crippen molar-refractivity contribution in [2.45, 2.75) is 33.2 Å². The fourth-order valence-electron chi connectivity index (χ4n) is 5.85. The molecule has 1 N–H and O–H groups in total. The average Bonchev–Trinajstić information content (AvgIpc) is 3.39. The first-order valence-corrected chi connectivity index (χ1v) is 15.7. The zero-order valence-corrected chi connectivity index (χ0v) is 24.2. The molecule has 0 radical (unpaired) electrons. The summed E-state index contributed by atoms with van der Waals surface area (Å²) in [4.78, 5) is 33.9. The zero-order chi connectivity index (χ0) is 28.7. The molecule has 1 amide bonds. The zero-order valence-electron chi connectivity index (χ0n) is 23.4. The van der Waals surface area contributed by atoms with Gasteiger partial charge in [-0.05, 0) is 54.7 Å². The highest BCUT2D eigenvalue weighted by molar-refractivity contribution is 7.92. The van der Waals surface area contributed by atoms with Gasteiger partial charge in [-0.2, -0.15) is 0 Å². The molecule has 0 bridgehead atoms. The maximum Gasteiger partial charge on any atom is 0.253 e. The highest BCUT2D eigenvalue weighted by atomic mass is 32.2. The second-order valence-corrected chi connectivity index (χ2v) is 13.2. The van der Waals surface area contributed by atoms with E-state index in [1.807, 2.05) is 30.3 Å². The van der Waals surface area contributed by atoms with Gasteiger partial charge < -0.3 is 10.2 Å². The smallest absolute Gasteiger partial charge is 0.253 e. The van der Waals surface area contributed by atoms with Crippen molar-refractivity contribution in [3.05, 3.63) is 71.8 Å². The van der Waals surface area contributed by atoms with Gasteiger partial charge in [0.05, 0.1) is 52.3 Å². The number of amides is 1. The molecule has 2 aliphatic heterocycles. The normalized spacial score (nSPS) is 18.9. The fraction of sp³-hybridized carbons (Fsp3) is 0.367. The molecular weight excluding hydrogens is 538 g/mol. The summed E-state index contributed by atoms with van der Waals surface area (Å²) in [7, 11) is -3.43. The summed E-state index contributed by atoms with van der Waals surface area (Å²) >= 11 is 0. The molecule has 2 atom stereocenters. The van der Waals surface area contributed by atoms with Crippen LogP contribution in [0, 0.1) is 11.8 Å². The molecule has 1 saturated heterocycles. The van der Waals surface area contributed by atoms with Crippen LogP contribution < -0.4 is 14.5 Å². The minimum Gasteiger partial charge on any atom is -0.356 e. The highest BCUT2D eigenvalue weighted by Gasteiger charge is 2.28. The number of pyridine rings is 4. The van der Waals surface area contributed by atoms with Crippen LogP contribution in [0.25, 0.3) is 22.3 Å². The number of hydrogen-bond acceptors (Lipinski definition) is 8. The lowest BCUT2D eigenvalue weighted by molar-refractivity contribution is 0.0950. The maximum absolute atomic E-state index is 12.9. The Morgan fingerprint density at radius 1 is 1.00 bits per heavy atom. The summed E-state index contributed by atoms with van der Waals surface area (Å²) in [5.74, 6) is 1.89. The molecular formula is C30H33N7O3S. The molecule has 0 saturated carbocycles. The molecule has 0 aromatic carbocycles. The molecule has 10 nitrogen and oxygen atoms in total. The monoisotopic (exact) mass is 571 g/mol. The van der Waals surface area contributed by atoms with E-state index >= 15 is 0 Å². The largest absolute Gasteiger partial charge is 0.356 e. The number of carbonyl (C=O) groups excluding carboxylic acids is 1. The molecule has 41 heavy (non-hydrogen) atoms. The van der Waals surface area contributed by atoms with Crippen LogP contribution in [-0.2, 0) is 23.0 Å². The molecule has 6 heterocycles. The summed E-state index contributed by atoms with van der Waals surface area (Å²) < 4.78 is 25.5. The van der Waals surface area contributed by atoms with Crippen molar-refractivity contribution >= 4 is 38.3 Å². The van der Waals surface area contributed by atoms with Gasteiger partial charge in [0.2, 0.25) is 10.0 Å². The number of nitrogens with one attached hydrogen (secondary N) is 1. The van der Waals surface area contributed by atoms with Crippen molar-refractivity contribution in [3.63, 3.8) is 0 Å². The number of aromatic nitrogens is 4. The van der Waals surface area contributed by atoms with Crippen molar-refractivity contribution in [1.82, 2.24) is 25.3 Å². The summed E-state index contributed by atoms with van der Waals surface area (Å²) in [6.45, 7) is 7.11. The van der Waals surface area contributed by atoms with E-state index in [4.69, 9.17) is 9.97 Å². The minimum atomic E-state index is -3.43. The van der Waals surface area contributed by atoms with Gasteiger partial charge in [0.15, 0.2) is 0 Å².